The second-order valence-electron chi connectivity index (χ2n) is 5.42. The van der Waals surface area contributed by atoms with Crippen molar-refractivity contribution in [2.24, 2.45) is 0 Å². The van der Waals surface area contributed by atoms with Gasteiger partial charge in [-0.25, -0.2) is 0 Å². The highest BCUT2D eigenvalue weighted by Gasteiger charge is 2.24. The molecule has 2 N–H and O–H groups in total. The number of nitrogens with zero attached hydrogens (tertiary/aromatic N) is 3. The number of benzene rings is 1. The van der Waals surface area contributed by atoms with Gasteiger partial charge < -0.3 is 19.8 Å². The molecular weight excluding hydrogens is 280 g/mol. The van der Waals surface area contributed by atoms with Crippen LogP contribution in [0.2, 0.25) is 0 Å². The summed E-state index contributed by atoms with van der Waals surface area (Å²) in [5.74, 6) is 1.01. The molecule has 22 heavy (non-hydrogen) atoms. The van der Waals surface area contributed by atoms with E-state index in [2.05, 4.69) is 20.4 Å². The zero-order valence-electron chi connectivity index (χ0n) is 11.9. The van der Waals surface area contributed by atoms with E-state index >= 15 is 0 Å². The van der Waals surface area contributed by atoms with E-state index in [0.29, 0.717) is 5.58 Å². The predicted octanol–water partition coefficient (Wildman–Crippen LogP) is 2.08. The van der Waals surface area contributed by atoms with E-state index < -0.39 is 0 Å². The van der Waals surface area contributed by atoms with Crippen LogP contribution in [0.1, 0.15) is 11.6 Å². The number of piperazine rings is 1. The van der Waals surface area contributed by atoms with Crippen molar-refractivity contribution in [1.29, 1.82) is 0 Å². The van der Waals surface area contributed by atoms with Crippen LogP contribution in [0.4, 0.5) is 5.82 Å². The lowest BCUT2D eigenvalue weighted by atomic mass is 10.1. The highest BCUT2D eigenvalue weighted by atomic mass is 16.5. The third-order valence-corrected chi connectivity index (χ3v) is 4.02. The molecule has 1 aliphatic rings. The van der Waals surface area contributed by atoms with Gasteiger partial charge in [0.15, 0.2) is 11.4 Å². The Morgan fingerprint density at radius 3 is 2.95 bits per heavy atom. The third-order valence-electron chi connectivity index (χ3n) is 4.02. The normalized spacial score (nSPS) is 18.7. The highest BCUT2D eigenvalue weighted by molar-refractivity contribution is 5.89. The Kier molecular flexibility index (Phi) is 3.16. The summed E-state index contributed by atoms with van der Waals surface area (Å²) < 4.78 is 5.34. The summed E-state index contributed by atoms with van der Waals surface area (Å²) in [4.78, 5) is 6.28. The number of anilines is 1. The van der Waals surface area contributed by atoms with Crippen LogP contribution in [-0.2, 0) is 0 Å². The minimum atomic E-state index is 0.185. The lowest BCUT2D eigenvalue weighted by Crippen LogP contribution is -2.46. The first-order valence-corrected chi connectivity index (χ1v) is 7.28. The van der Waals surface area contributed by atoms with Gasteiger partial charge in [0.05, 0.1) is 11.4 Å². The lowest BCUT2D eigenvalue weighted by molar-refractivity contribution is 0.432. The van der Waals surface area contributed by atoms with Gasteiger partial charge in [-0.3, -0.25) is 4.98 Å². The number of phenolic OH excluding ortho intramolecular Hbond substituents is 1. The average molecular weight is 296 g/mol. The maximum atomic E-state index is 9.52. The Balaban J connectivity index is 1.64. The van der Waals surface area contributed by atoms with E-state index in [1.165, 1.54) is 5.56 Å². The molecule has 3 heterocycles. The molecule has 0 spiro atoms. The van der Waals surface area contributed by atoms with Crippen molar-refractivity contribution in [2.75, 3.05) is 24.5 Å². The molecule has 1 aromatic carbocycles. The molecule has 0 radical (unpaired) electrons. The van der Waals surface area contributed by atoms with Gasteiger partial charge in [0.1, 0.15) is 5.75 Å². The van der Waals surface area contributed by atoms with Gasteiger partial charge >= 0.3 is 0 Å². The molecule has 3 aromatic rings. The number of rotatable bonds is 2. The van der Waals surface area contributed by atoms with Gasteiger partial charge in [-0.1, -0.05) is 5.16 Å². The van der Waals surface area contributed by atoms with Gasteiger partial charge in [0, 0.05) is 38.1 Å². The molecule has 112 valence electrons. The third kappa shape index (κ3) is 2.27. The Hall–Kier alpha value is -2.60. The van der Waals surface area contributed by atoms with E-state index in [-0.39, 0.29) is 11.8 Å². The topological polar surface area (TPSA) is 74.4 Å². The maximum absolute atomic E-state index is 9.52. The molecule has 4 rings (SSSR count). The predicted molar refractivity (Wildman–Crippen MR) is 82.9 cm³/mol. The average Bonchev–Trinajstić information content (AvgIpc) is 2.99. The number of phenols is 1. The number of aromatic hydroxyl groups is 1. The van der Waals surface area contributed by atoms with Crippen LogP contribution in [-0.4, -0.2) is 34.9 Å². The minimum Gasteiger partial charge on any atom is -0.508 e. The van der Waals surface area contributed by atoms with Crippen molar-refractivity contribution in [1.82, 2.24) is 15.5 Å². The molecule has 1 saturated heterocycles. The number of hydrogen-bond donors (Lipinski definition) is 2. The molecule has 2 aromatic heterocycles. The molecule has 0 saturated carbocycles. The summed E-state index contributed by atoms with van der Waals surface area (Å²) in [6, 6.07) is 9.39. The van der Waals surface area contributed by atoms with Gasteiger partial charge in [0.25, 0.3) is 0 Å². The number of fused-ring (bicyclic) bond motifs is 1. The fraction of sp³-hybridized carbons (Fsp3) is 0.250. The monoisotopic (exact) mass is 296 g/mol. The van der Waals surface area contributed by atoms with E-state index in [1.807, 2.05) is 30.6 Å². The zero-order chi connectivity index (χ0) is 14.9. The van der Waals surface area contributed by atoms with Crippen LogP contribution in [0.5, 0.6) is 5.75 Å². The molecule has 0 bridgehead atoms. The first-order valence-electron chi connectivity index (χ1n) is 7.28. The summed E-state index contributed by atoms with van der Waals surface area (Å²) in [7, 11) is 0. The van der Waals surface area contributed by atoms with Crippen LogP contribution in [0.3, 0.4) is 0 Å². The Morgan fingerprint density at radius 1 is 1.23 bits per heavy atom. The Bertz CT molecular complexity index is 787. The molecule has 0 aliphatic carbocycles. The van der Waals surface area contributed by atoms with Gasteiger partial charge in [-0.2, -0.15) is 0 Å². The second kappa shape index (κ2) is 5.31. The second-order valence-corrected chi connectivity index (χ2v) is 5.42. The van der Waals surface area contributed by atoms with Crippen molar-refractivity contribution in [2.45, 2.75) is 6.04 Å². The number of pyridine rings is 1. The highest BCUT2D eigenvalue weighted by Crippen LogP contribution is 2.30. The zero-order valence-corrected chi connectivity index (χ0v) is 11.9. The SMILES string of the molecule is Oc1ccc2c(N3CCNC(c4ccncc4)C3)noc2c1. The van der Waals surface area contributed by atoms with Crippen LogP contribution >= 0.6 is 0 Å². The summed E-state index contributed by atoms with van der Waals surface area (Å²) in [6.45, 7) is 2.55. The fourth-order valence-electron chi connectivity index (χ4n) is 2.90. The van der Waals surface area contributed by atoms with Crippen LogP contribution in [0.15, 0.2) is 47.2 Å². The summed E-state index contributed by atoms with van der Waals surface area (Å²) >= 11 is 0. The van der Waals surface area contributed by atoms with Crippen molar-refractivity contribution in [3.8, 4) is 5.75 Å². The molecule has 1 fully saturated rings. The lowest BCUT2D eigenvalue weighted by Gasteiger charge is -2.33. The van der Waals surface area contributed by atoms with Crippen molar-refractivity contribution in [3.05, 3.63) is 48.3 Å². The summed E-state index contributed by atoms with van der Waals surface area (Å²) in [5, 5.41) is 18.2. The van der Waals surface area contributed by atoms with E-state index in [0.717, 1.165) is 30.8 Å². The Labute approximate surface area is 127 Å². The first-order chi connectivity index (χ1) is 10.8. The van der Waals surface area contributed by atoms with E-state index in [1.54, 1.807) is 12.1 Å². The smallest absolute Gasteiger partial charge is 0.180 e. The van der Waals surface area contributed by atoms with E-state index in [4.69, 9.17) is 4.52 Å². The first kappa shape index (κ1) is 13.1. The molecule has 6 nitrogen and oxygen atoms in total. The van der Waals surface area contributed by atoms with Crippen LogP contribution in [0.25, 0.3) is 11.0 Å². The largest absolute Gasteiger partial charge is 0.508 e. The fourth-order valence-corrected chi connectivity index (χ4v) is 2.90. The number of hydrogen-bond acceptors (Lipinski definition) is 6. The van der Waals surface area contributed by atoms with Crippen molar-refractivity contribution < 1.29 is 9.63 Å². The van der Waals surface area contributed by atoms with Crippen LogP contribution < -0.4 is 10.2 Å². The summed E-state index contributed by atoms with van der Waals surface area (Å²) in [6.07, 6.45) is 3.62. The Morgan fingerprint density at radius 2 is 2.09 bits per heavy atom. The minimum absolute atomic E-state index is 0.185. The van der Waals surface area contributed by atoms with Gasteiger partial charge in [-0.05, 0) is 29.8 Å². The van der Waals surface area contributed by atoms with Gasteiger partial charge in [-0.15, -0.1) is 0 Å². The quantitative estimate of drug-likeness (QED) is 0.754. The van der Waals surface area contributed by atoms with Crippen molar-refractivity contribution in [3.63, 3.8) is 0 Å². The maximum Gasteiger partial charge on any atom is 0.180 e. The van der Waals surface area contributed by atoms with Crippen molar-refractivity contribution >= 4 is 16.8 Å². The molecular formula is C16H16N4O2. The van der Waals surface area contributed by atoms with Crippen LogP contribution in [0, 0.1) is 0 Å². The molecule has 1 aliphatic heterocycles. The molecule has 6 heteroatoms. The number of nitrogens with one attached hydrogen (secondary N) is 1. The molecule has 1 unspecified atom stereocenters. The standard InChI is InChI=1S/C16H16N4O2/c21-12-1-2-13-15(9-12)22-19-16(13)20-8-7-18-14(10-20)11-3-5-17-6-4-11/h1-6,9,14,18,21H,7-8,10H2. The summed E-state index contributed by atoms with van der Waals surface area (Å²) in [5.41, 5.74) is 1.82. The van der Waals surface area contributed by atoms with E-state index in [9.17, 15) is 5.11 Å². The molecule has 1 atom stereocenters. The number of aromatic nitrogens is 2. The van der Waals surface area contributed by atoms with Gasteiger partial charge in [0.2, 0.25) is 0 Å². The molecule has 0 amide bonds.